The Morgan fingerprint density at radius 1 is 0.760 bits per heavy atom. The molecule has 2 aliphatic rings. The third kappa shape index (κ3) is 9.27. The summed E-state index contributed by atoms with van der Waals surface area (Å²) in [5, 5.41) is 12.6. The van der Waals surface area contributed by atoms with Crippen LogP contribution in [0.2, 0.25) is 20.9 Å². The number of ether oxygens (including phenoxy) is 5. The highest BCUT2D eigenvalue weighted by molar-refractivity contribution is 6.36. The van der Waals surface area contributed by atoms with Gasteiger partial charge < -0.3 is 23.7 Å². The van der Waals surface area contributed by atoms with Gasteiger partial charge in [0.15, 0.2) is 29.7 Å². The fraction of sp³-hybridized carbons (Fsp3) is 0.567. The first-order valence-electron chi connectivity index (χ1n) is 15.6. The average molecular weight is 778 g/mol. The van der Waals surface area contributed by atoms with Crippen LogP contribution < -0.4 is 0 Å². The quantitative estimate of drug-likeness (QED) is 0.105. The van der Waals surface area contributed by atoms with Gasteiger partial charge in [-0.15, -0.1) is 0 Å². The zero-order valence-corrected chi connectivity index (χ0v) is 31.1. The summed E-state index contributed by atoms with van der Waals surface area (Å²) in [7, 11) is 0. The van der Waals surface area contributed by atoms with Crippen LogP contribution in [0.15, 0.2) is 12.4 Å². The summed E-state index contributed by atoms with van der Waals surface area (Å²) >= 11 is 23.2. The number of H-pyrrole nitrogens is 1. The standard InChI is InChI=1S/C14H16Cl2N4O3.C11H18O5.C5H2Cl2N4/c1-4-9-6(2)10(22-7(3)21)13(23-9)20-12-8(5-17-20)11(15)18-14(16)19-12;1-5-9-6(2)10(14-7(3)12)11(16-9)15-8(4)13;6-3-2-1-8-11-4(2)10-5(7)9-3/h5-6,9-10,13H,4H2,1-3H3;6,9-11H,5H2,1-4H3;1H,(H,8,9,10,11)/t6-,9-,10?,13-;6-,9-,10?,11-;/m11./s1. The molecule has 16 nitrogen and oxygen atoms in total. The number of fused-ring (bicyclic) bond motifs is 2. The number of hydrogen-bond acceptors (Lipinski definition) is 14. The maximum atomic E-state index is 11.5. The van der Waals surface area contributed by atoms with Gasteiger partial charge in [-0.1, -0.05) is 50.9 Å². The van der Waals surface area contributed by atoms with Crippen molar-refractivity contribution in [1.29, 1.82) is 0 Å². The second kappa shape index (κ2) is 17.2. The maximum Gasteiger partial charge on any atom is 0.305 e. The molecule has 4 aromatic rings. The number of aromatic amines is 1. The van der Waals surface area contributed by atoms with Crippen molar-refractivity contribution >= 4 is 86.4 Å². The van der Waals surface area contributed by atoms with E-state index in [4.69, 9.17) is 70.1 Å². The summed E-state index contributed by atoms with van der Waals surface area (Å²) in [6.45, 7) is 11.9. The van der Waals surface area contributed by atoms with Crippen LogP contribution in [-0.2, 0) is 38.1 Å². The molecule has 50 heavy (non-hydrogen) atoms. The van der Waals surface area contributed by atoms with Gasteiger partial charge in [0.05, 0.1) is 35.4 Å². The van der Waals surface area contributed by atoms with Crippen molar-refractivity contribution in [2.24, 2.45) is 11.8 Å². The van der Waals surface area contributed by atoms with Gasteiger partial charge in [0.1, 0.15) is 10.3 Å². The lowest BCUT2D eigenvalue weighted by atomic mass is 9.98. The van der Waals surface area contributed by atoms with Crippen LogP contribution in [0.3, 0.4) is 0 Å². The number of hydrogen-bond donors (Lipinski definition) is 1. The Labute approximate surface area is 306 Å². The third-order valence-corrected chi connectivity index (χ3v) is 8.84. The zero-order valence-electron chi connectivity index (χ0n) is 28.1. The van der Waals surface area contributed by atoms with E-state index in [1.54, 1.807) is 17.1 Å². The molecule has 20 heteroatoms. The zero-order chi connectivity index (χ0) is 36.9. The van der Waals surface area contributed by atoms with Crippen LogP contribution >= 0.6 is 46.4 Å². The highest BCUT2D eigenvalue weighted by Crippen LogP contribution is 2.39. The lowest BCUT2D eigenvalue weighted by Gasteiger charge is -2.21. The van der Waals surface area contributed by atoms with Gasteiger partial charge in [-0.3, -0.25) is 19.5 Å². The van der Waals surface area contributed by atoms with Gasteiger partial charge in [-0.25, -0.2) is 14.6 Å². The van der Waals surface area contributed by atoms with E-state index in [9.17, 15) is 14.4 Å². The van der Waals surface area contributed by atoms with E-state index < -0.39 is 36.7 Å². The van der Waals surface area contributed by atoms with E-state index in [1.807, 2.05) is 27.7 Å². The monoisotopic (exact) mass is 776 g/mol. The van der Waals surface area contributed by atoms with Crippen LogP contribution in [0.1, 0.15) is 67.5 Å². The Morgan fingerprint density at radius 2 is 1.30 bits per heavy atom. The lowest BCUT2D eigenvalue weighted by Crippen LogP contribution is -2.33. The second-order valence-electron chi connectivity index (χ2n) is 11.4. The number of carbonyl (C=O) groups excluding carboxylic acids is 3. The summed E-state index contributed by atoms with van der Waals surface area (Å²) in [5.41, 5.74) is 0.996. The highest BCUT2D eigenvalue weighted by Gasteiger charge is 2.46. The van der Waals surface area contributed by atoms with E-state index in [2.05, 4.69) is 35.2 Å². The normalized spacial score (nSPS) is 25.7. The Morgan fingerprint density at radius 3 is 1.90 bits per heavy atom. The topological polar surface area (TPSA) is 195 Å². The van der Waals surface area contributed by atoms with Gasteiger partial charge in [0.25, 0.3) is 0 Å². The SMILES string of the molecule is CC[C@H]1O[C@@H](OC(C)=O)C(OC(C)=O)[C@@H]1C.CC[C@H]1O[C@@H](n2ncc3c(Cl)nc(Cl)nc32)C(OC(C)=O)[C@@H]1C.Clc1nc(Cl)c2cn[nH]c2n1. The molecule has 6 heterocycles. The van der Waals surface area contributed by atoms with Crippen molar-refractivity contribution in [2.75, 3.05) is 0 Å². The Hall–Kier alpha value is -3.41. The van der Waals surface area contributed by atoms with E-state index in [0.29, 0.717) is 27.2 Å². The molecule has 1 N–H and O–H groups in total. The largest absolute Gasteiger partial charge is 0.457 e. The molecule has 272 valence electrons. The van der Waals surface area contributed by atoms with Crippen LogP contribution in [0, 0.1) is 11.8 Å². The maximum absolute atomic E-state index is 11.5. The Kier molecular flexibility index (Phi) is 13.5. The third-order valence-electron chi connectivity index (χ3n) is 7.93. The molecule has 8 atom stereocenters. The molecule has 2 unspecified atom stereocenters. The van der Waals surface area contributed by atoms with E-state index >= 15 is 0 Å². The van der Waals surface area contributed by atoms with E-state index in [0.717, 1.165) is 12.8 Å². The molecule has 6 rings (SSSR count). The van der Waals surface area contributed by atoms with Gasteiger partial charge >= 0.3 is 17.9 Å². The summed E-state index contributed by atoms with van der Waals surface area (Å²) in [6.07, 6.45) is 2.26. The minimum atomic E-state index is -0.777. The average Bonchev–Trinajstić information content (AvgIpc) is 3.80. The van der Waals surface area contributed by atoms with Crippen LogP contribution in [-0.4, -0.2) is 88.5 Å². The van der Waals surface area contributed by atoms with Crippen molar-refractivity contribution in [3.05, 3.63) is 33.3 Å². The lowest BCUT2D eigenvalue weighted by molar-refractivity contribution is -0.194. The second-order valence-corrected chi connectivity index (χ2v) is 12.8. The molecule has 0 aromatic carbocycles. The molecule has 4 aromatic heterocycles. The number of nitrogens with zero attached hydrogens (tertiary/aromatic N) is 7. The number of esters is 3. The van der Waals surface area contributed by atoms with Crippen LogP contribution in [0.5, 0.6) is 0 Å². The van der Waals surface area contributed by atoms with Crippen LogP contribution in [0.25, 0.3) is 22.1 Å². The number of halogens is 4. The summed E-state index contributed by atoms with van der Waals surface area (Å²) in [5.74, 6) is -1.14. The fourth-order valence-corrected chi connectivity index (χ4v) is 6.47. The van der Waals surface area contributed by atoms with Gasteiger partial charge in [0, 0.05) is 32.6 Å². The van der Waals surface area contributed by atoms with Gasteiger partial charge in [-0.05, 0) is 36.0 Å². The molecule has 0 bridgehead atoms. The van der Waals surface area contributed by atoms with Crippen molar-refractivity contribution in [3.8, 4) is 0 Å². The predicted molar refractivity (Wildman–Crippen MR) is 181 cm³/mol. The van der Waals surface area contributed by atoms with E-state index in [-0.39, 0.29) is 45.7 Å². The number of aromatic nitrogens is 8. The first kappa shape index (κ1) is 39.4. The number of carbonyl (C=O) groups is 3. The van der Waals surface area contributed by atoms with Crippen molar-refractivity contribution in [2.45, 2.75) is 98.2 Å². The minimum Gasteiger partial charge on any atom is -0.457 e. The molecular formula is C30H36Cl4N8O8. The molecule has 0 spiro atoms. The first-order valence-corrected chi connectivity index (χ1v) is 17.1. The van der Waals surface area contributed by atoms with Crippen LogP contribution in [0.4, 0.5) is 0 Å². The molecule has 2 saturated heterocycles. The Bertz CT molecular complexity index is 1830. The predicted octanol–water partition coefficient (Wildman–Crippen LogP) is 5.92. The minimum absolute atomic E-state index is 0.0198. The van der Waals surface area contributed by atoms with Crippen molar-refractivity contribution in [1.82, 2.24) is 39.9 Å². The van der Waals surface area contributed by atoms with Gasteiger partial charge in [-0.2, -0.15) is 20.2 Å². The molecule has 2 fully saturated rings. The highest BCUT2D eigenvalue weighted by atomic mass is 35.5. The molecular weight excluding hydrogens is 742 g/mol. The molecule has 0 radical (unpaired) electrons. The Balaban J connectivity index is 0.000000181. The summed E-state index contributed by atoms with van der Waals surface area (Å²) in [6, 6.07) is 0. The van der Waals surface area contributed by atoms with Gasteiger partial charge in [0.2, 0.25) is 16.9 Å². The van der Waals surface area contributed by atoms with Crippen molar-refractivity contribution in [3.63, 3.8) is 0 Å². The molecule has 0 aliphatic carbocycles. The molecule has 0 amide bonds. The molecule has 2 aliphatic heterocycles. The number of nitrogens with one attached hydrogen (secondary N) is 1. The van der Waals surface area contributed by atoms with Crippen molar-refractivity contribution < 1.29 is 38.1 Å². The molecule has 0 saturated carbocycles. The smallest absolute Gasteiger partial charge is 0.305 e. The summed E-state index contributed by atoms with van der Waals surface area (Å²) in [4.78, 5) is 49.0. The first-order chi connectivity index (χ1) is 23.6. The fourth-order valence-electron chi connectivity index (χ4n) is 5.61. The van der Waals surface area contributed by atoms with E-state index in [1.165, 1.54) is 20.8 Å². The summed E-state index contributed by atoms with van der Waals surface area (Å²) < 4.78 is 28.7. The number of rotatable bonds is 6.